The van der Waals surface area contributed by atoms with Gasteiger partial charge in [-0.05, 0) is 43.2 Å². The van der Waals surface area contributed by atoms with E-state index in [2.05, 4.69) is 0 Å². The zero-order valence-corrected chi connectivity index (χ0v) is 17.3. The average Bonchev–Trinajstić information content (AvgIpc) is 2.70. The van der Waals surface area contributed by atoms with E-state index >= 15 is 0 Å². The molecule has 1 aliphatic heterocycles. The van der Waals surface area contributed by atoms with Crippen LogP contribution in [-0.4, -0.2) is 46.6 Å². The Labute approximate surface area is 171 Å². The number of carbonyl (C=O) groups excluding carboxylic acids is 1. The molecule has 0 saturated carbocycles. The van der Waals surface area contributed by atoms with Gasteiger partial charge in [0.1, 0.15) is 5.75 Å². The molecule has 0 unspecified atom stereocenters. The molecule has 2 aromatic rings. The normalized spacial score (nSPS) is 15.3. The van der Waals surface area contributed by atoms with E-state index in [1.165, 1.54) is 0 Å². The molecule has 0 spiro atoms. The average molecular weight is 419 g/mol. The molecule has 1 fully saturated rings. The molecule has 1 aliphatic rings. The van der Waals surface area contributed by atoms with E-state index in [0.29, 0.717) is 49.9 Å². The summed E-state index contributed by atoms with van der Waals surface area (Å²) >= 11 is 0. The number of carbonyl (C=O) groups is 1. The summed E-state index contributed by atoms with van der Waals surface area (Å²) in [5.41, 5.74) is 0.671. The Morgan fingerprint density at radius 2 is 1.76 bits per heavy atom. The van der Waals surface area contributed by atoms with Crippen molar-refractivity contribution in [1.82, 2.24) is 0 Å². The summed E-state index contributed by atoms with van der Waals surface area (Å²) in [6, 6.07) is 16.0. The lowest BCUT2D eigenvalue weighted by Gasteiger charge is -2.41. The number of ether oxygens (including phenoxy) is 3. The maximum Gasteiger partial charge on any atom is 0.306 e. The summed E-state index contributed by atoms with van der Waals surface area (Å²) in [6.45, 7) is 3.44. The number of rotatable bonds is 10. The van der Waals surface area contributed by atoms with Crippen molar-refractivity contribution in [3.05, 3.63) is 60.2 Å². The Kier molecular flexibility index (Phi) is 6.92. The Hall–Kier alpha value is -2.38. The van der Waals surface area contributed by atoms with Gasteiger partial charge in [0.2, 0.25) is 0 Å². The van der Waals surface area contributed by atoms with Gasteiger partial charge in [0.15, 0.2) is 9.84 Å². The molecule has 0 N–H and O–H groups in total. The molecule has 2 aromatic carbocycles. The minimum absolute atomic E-state index is 0.0368. The quantitative estimate of drug-likeness (QED) is 0.436. The molecule has 29 heavy (non-hydrogen) atoms. The lowest BCUT2D eigenvalue weighted by Crippen LogP contribution is -2.48. The number of hydrogen-bond acceptors (Lipinski definition) is 6. The molecule has 1 saturated heterocycles. The first kappa shape index (κ1) is 21.3. The molecule has 6 nitrogen and oxygen atoms in total. The molecule has 7 heteroatoms. The van der Waals surface area contributed by atoms with Crippen LogP contribution in [0.5, 0.6) is 5.75 Å². The SMILES string of the molecule is CCOC(=O)CC1(c2ccc(OCCCS(=O)(=O)c3ccccc3)cc2)COC1. The number of benzene rings is 2. The van der Waals surface area contributed by atoms with Gasteiger partial charge in [-0.25, -0.2) is 8.42 Å². The number of hydrogen-bond donors (Lipinski definition) is 0. The van der Waals surface area contributed by atoms with Crippen LogP contribution in [0.15, 0.2) is 59.5 Å². The highest BCUT2D eigenvalue weighted by atomic mass is 32.2. The van der Waals surface area contributed by atoms with Crippen molar-refractivity contribution in [3.63, 3.8) is 0 Å². The van der Waals surface area contributed by atoms with Crippen LogP contribution in [-0.2, 0) is 29.5 Å². The fourth-order valence-corrected chi connectivity index (χ4v) is 4.60. The number of esters is 1. The predicted octanol–water partition coefficient (Wildman–Crippen LogP) is 3.15. The second-order valence-electron chi connectivity index (χ2n) is 7.11. The molecule has 0 aromatic heterocycles. The molecule has 0 aliphatic carbocycles. The van der Waals surface area contributed by atoms with Crippen LogP contribution in [0.4, 0.5) is 0 Å². The van der Waals surface area contributed by atoms with Crippen LogP contribution >= 0.6 is 0 Å². The highest BCUT2D eigenvalue weighted by Gasteiger charge is 2.42. The molecule has 0 radical (unpaired) electrons. The van der Waals surface area contributed by atoms with Crippen molar-refractivity contribution in [2.24, 2.45) is 0 Å². The van der Waals surface area contributed by atoms with Gasteiger partial charge in [-0.3, -0.25) is 4.79 Å². The fraction of sp³-hybridized carbons (Fsp3) is 0.409. The van der Waals surface area contributed by atoms with Gasteiger partial charge in [0.05, 0.1) is 48.9 Å². The Bertz CT molecular complexity index is 902. The summed E-state index contributed by atoms with van der Waals surface area (Å²) in [7, 11) is -3.29. The van der Waals surface area contributed by atoms with Gasteiger partial charge in [0, 0.05) is 0 Å². The van der Waals surface area contributed by atoms with Crippen LogP contribution in [0.3, 0.4) is 0 Å². The smallest absolute Gasteiger partial charge is 0.306 e. The van der Waals surface area contributed by atoms with E-state index in [1.807, 2.05) is 24.3 Å². The third-order valence-corrected chi connectivity index (χ3v) is 6.76. The lowest BCUT2D eigenvalue weighted by molar-refractivity contribution is -0.151. The molecule has 0 bridgehead atoms. The monoisotopic (exact) mass is 418 g/mol. The topological polar surface area (TPSA) is 78.9 Å². The standard InChI is InChI=1S/C22H26O6S/c1-2-27-21(23)15-22(16-26-17-22)18-9-11-19(12-10-18)28-13-6-14-29(24,25)20-7-4-3-5-8-20/h3-5,7-12H,2,6,13-17H2,1H3. The molecule has 3 rings (SSSR count). The van der Waals surface area contributed by atoms with Crippen molar-refractivity contribution in [1.29, 1.82) is 0 Å². The van der Waals surface area contributed by atoms with Crippen LogP contribution in [0.1, 0.15) is 25.3 Å². The molecule has 0 amide bonds. The zero-order chi connectivity index (χ0) is 20.7. The maximum atomic E-state index is 12.3. The highest BCUT2D eigenvalue weighted by Crippen LogP contribution is 2.36. The van der Waals surface area contributed by atoms with Gasteiger partial charge in [-0.2, -0.15) is 0 Å². The van der Waals surface area contributed by atoms with Crippen molar-refractivity contribution in [2.45, 2.75) is 30.1 Å². The van der Waals surface area contributed by atoms with Crippen molar-refractivity contribution < 1.29 is 27.4 Å². The van der Waals surface area contributed by atoms with E-state index in [9.17, 15) is 13.2 Å². The lowest BCUT2D eigenvalue weighted by atomic mass is 9.76. The minimum Gasteiger partial charge on any atom is -0.494 e. The molecule has 156 valence electrons. The molecule has 0 atom stereocenters. The highest BCUT2D eigenvalue weighted by molar-refractivity contribution is 7.91. The number of sulfone groups is 1. The van der Waals surface area contributed by atoms with Crippen molar-refractivity contribution in [3.8, 4) is 5.75 Å². The van der Waals surface area contributed by atoms with Crippen LogP contribution in [0, 0.1) is 0 Å². The first-order valence-electron chi connectivity index (χ1n) is 9.70. The maximum absolute atomic E-state index is 12.3. The third kappa shape index (κ3) is 5.36. The summed E-state index contributed by atoms with van der Waals surface area (Å²) in [4.78, 5) is 12.2. The Morgan fingerprint density at radius 1 is 1.07 bits per heavy atom. The van der Waals surface area contributed by atoms with E-state index in [0.717, 1.165) is 5.56 Å². The fourth-order valence-electron chi connectivity index (χ4n) is 3.30. The summed E-state index contributed by atoms with van der Waals surface area (Å²) in [5.74, 6) is 0.475. The van der Waals surface area contributed by atoms with Crippen molar-refractivity contribution >= 4 is 15.8 Å². The third-order valence-electron chi connectivity index (χ3n) is 4.94. The second-order valence-corrected chi connectivity index (χ2v) is 9.22. The first-order chi connectivity index (χ1) is 14.0. The van der Waals surface area contributed by atoms with E-state index in [-0.39, 0.29) is 17.1 Å². The zero-order valence-electron chi connectivity index (χ0n) is 16.5. The van der Waals surface area contributed by atoms with E-state index < -0.39 is 9.84 Å². The van der Waals surface area contributed by atoms with E-state index in [1.54, 1.807) is 37.3 Å². The van der Waals surface area contributed by atoms with Gasteiger partial charge in [-0.15, -0.1) is 0 Å². The summed E-state index contributed by atoms with van der Waals surface area (Å²) in [6.07, 6.45) is 0.692. The van der Waals surface area contributed by atoms with Crippen LogP contribution in [0.25, 0.3) is 0 Å². The molecular formula is C22H26O6S. The van der Waals surface area contributed by atoms with E-state index in [4.69, 9.17) is 14.2 Å². The summed E-state index contributed by atoms with van der Waals surface area (Å²) < 4.78 is 40.7. The molecular weight excluding hydrogens is 392 g/mol. The predicted molar refractivity (Wildman–Crippen MR) is 109 cm³/mol. The van der Waals surface area contributed by atoms with Gasteiger partial charge < -0.3 is 14.2 Å². The second kappa shape index (κ2) is 9.41. The summed E-state index contributed by atoms with van der Waals surface area (Å²) in [5, 5.41) is 0. The van der Waals surface area contributed by atoms with Crippen LogP contribution < -0.4 is 4.74 Å². The van der Waals surface area contributed by atoms with Crippen LogP contribution in [0.2, 0.25) is 0 Å². The van der Waals surface area contributed by atoms with Crippen molar-refractivity contribution in [2.75, 3.05) is 32.2 Å². The largest absolute Gasteiger partial charge is 0.494 e. The minimum atomic E-state index is -3.29. The van der Waals surface area contributed by atoms with Gasteiger partial charge >= 0.3 is 5.97 Å². The Morgan fingerprint density at radius 3 is 2.34 bits per heavy atom. The van der Waals surface area contributed by atoms with Gasteiger partial charge in [0.25, 0.3) is 0 Å². The first-order valence-corrected chi connectivity index (χ1v) is 11.3. The van der Waals surface area contributed by atoms with Gasteiger partial charge in [-0.1, -0.05) is 30.3 Å². The molecule has 1 heterocycles. The Balaban J connectivity index is 1.51.